The number of pyridine rings is 1. The minimum atomic E-state index is -0.530. The number of carbonyl (C=O) groups is 2. The van der Waals surface area contributed by atoms with E-state index in [0.717, 1.165) is 25.5 Å². The molecule has 0 radical (unpaired) electrons. The van der Waals surface area contributed by atoms with Crippen molar-refractivity contribution in [1.82, 2.24) is 10.9 Å². The molecule has 1 aliphatic rings. The molecule has 1 atom stereocenters. The van der Waals surface area contributed by atoms with Gasteiger partial charge in [-0.15, -0.1) is 11.3 Å². The van der Waals surface area contributed by atoms with Crippen LogP contribution in [0.15, 0.2) is 30.6 Å². The lowest BCUT2D eigenvalue weighted by molar-refractivity contribution is -0.605. The maximum absolute atomic E-state index is 12.4. The number of fused-ring (bicyclic) bond motifs is 1. The van der Waals surface area contributed by atoms with Crippen LogP contribution in [0.5, 0.6) is 0 Å². The molecule has 7 heteroatoms. The van der Waals surface area contributed by atoms with Crippen LogP contribution in [0.25, 0.3) is 0 Å². The molecule has 0 bridgehead atoms. The molecule has 6 nitrogen and oxygen atoms in total. The Kier molecular flexibility index (Phi) is 5.00. The molecule has 0 spiro atoms. The number of rotatable bonds is 2. The van der Waals surface area contributed by atoms with Crippen LogP contribution in [0.4, 0.5) is 0 Å². The van der Waals surface area contributed by atoms with Gasteiger partial charge in [0.05, 0.1) is 4.88 Å². The zero-order chi connectivity index (χ0) is 18.9. The number of hydrazine groups is 1. The summed E-state index contributed by atoms with van der Waals surface area (Å²) in [6.07, 6.45) is 5.56. The summed E-state index contributed by atoms with van der Waals surface area (Å²) in [6, 6.07) is 4.92. The largest absolute Gasteiger partial charge is 0.619 e. The van der Waals surface area contributed by atoms with E-state index in [-0.39, 0.29) is 16.9 Å². The number of carbonyl (C=O) groups excluding carboxylic acids is 2. The van der Waals surface area contributed by atoms with Crippen LogP contribution in [0, 0.1) is 16.5 Å². The maximum atomic E-state index is 12.4. The number of amides is 2. The first-order valence-electron chi connectivity index (χ1n) is 8.65. The van der Waals surface area contributed by atoms with Gasteiger partial charge in [-0.1, -0.05) is 20.8 Å². The SMILES string of the molecule is CC(C)(C)[C@@H]1CCc2sc(C(=O)NNC(=O)c3ccc[n+]([O-])c3)cc2C1. The highest BCUT2D eigenvalue weighted by Crippen LogP contribution is 2.40. The molecule has 2 aromatic rings. The van der Waals surface area contributed by atoms with E-state index in [4.69, 9.17) is 0 Å². The van der Waals surface area contributed by atoms with Crippen LogP contribution in [0.1, 0.15) is 57.7 Å². The highest BCUT2D eigenvalue weighted by molar-refractivity contribution is 7.14. The molecular formula is C19H23N3O3S. The van der Waals surface area contributed by atoms with Crippen LogP contribution in [0.2, 0.25) is 0 Å². The van der Waals surface area contributed by atoms with Gasteiger partial charge < -0.3 is 5.21 Å². The molecule has 2 aromatic heterocycles. The fourth-order valence-corrected chi connectivity index (χ4v) is 4.31. The summed E-state index contributed by atoms with van der Waals surface area (Å²) in [5.41, 5.74) is 6.46. The highest BCUT2D eigenvalue weighted by Gasteiger charge is 2.30. The average Bonchev–Trinajstić information content (AvgIpc) is 3.02. The number of thiophene rings is 1. The summed E-state index contributed by atoms with van der Waals surface area (Å²) in [7, 11) is 0. The quantitative estimate of drug-likeness (QED) is 0.482. The predicted molar refractivity (Wildman–Crippen MR) is 99.6 cm³/mol. The Morgan fingerprint density at radius 1 is 1.27 bits per heavy atom. The molecule has 0 saturated carbocycles. The third kappa shape index (κ3) is 4.04. The first kappa shape index (κ1) is 18.4. The molecule has 0 fully saturated rings. The van der Waals surface area contributed by atoms with Crippen molar-refractivity contribution in [3.8, 4) is 0 Å². The Bertz CT molecular complexity index is 839. The molecule has 0 saturated heterocycles. The lowest BCUT2D eigenvalue weighted by atomic mass is 9.72. The van der Waals surface area contributed by atoms with Gasteiger partial charge in [-0.05, 0) is 48.3 Å². The fourth-order valence-electron chi connectivity index (χ4n) is 3.21. The van der Waals surface area contributed by atoms with E-state index in [1.165, 1.54) is 40.1 Å². The molecule has 0 unspecified atom stereocenters. The maximum Gasteiger partial charge on any atom is 0.279 e. The first-order valence-corrected chi connectivity index (χ1v) is 9.47. The second kappa shape index (κ2) is 7.07. The number of aryl methyl sites for hydroxylation is 1. The smallest absolute Gasteiger partial charge is 0.279 e. The number of hydrogen-bond donors (Lipinski definition) is 2. The molecule has 26 heavy (non-hydrogen) atoms. The van der Waals surface area contributed by atoms with Gasteiger partial charge in [0.1, 0.15) is 5.56 Å². The van der Waals surface area contributed by atoms with E-state index in [1.54, 1.807) is 0 Å². The van der Waals surface area contributed by atoms with Crippen molar-refractivity contribution < 1.29 is 14.3 Å². The molecular weight excluding hydrogens is 350 g/mol. The number of nitrogens with zero attached hydrogens (tertiary/aromatic N) is 1. The summed E-state index contributed by atoms with van der Waals surface area (Å²) < 4.78 is 0.537. The summed E-state index contributed by atoms with van der Waals surface area (Å²) in [5, 5.41) is 11.2. The van der Waals surface area contributed by atoms with Crippen LogP contribution < -0.4 is 15.6 Å². The number of nitrogens with one attached hydrogen (secondary N) is 2. The normalized spacial score (nSPS) is 16.7. The number of aromatic nitrogens is 1. The molecule has 0 aromatic carbocycles. The van der Waals surface area contributed by atoms with Crippen molar-refractivity contribution in [2.75, 3.05) is 0 Å². The summed E-state index contributed by atoms with van der Waals surface area (Å²) in [5.74, 6) is -0.259. The summed E-state index contributed by atoms with van der Waals surface area (Å²) in [6.45, 7) is 6.77. The zero-order valence-corrected chi connectivity index (χ0v) is 16.0. The van der Waals surface area contributed by atoms with Crippen LogP contribution >= 0.6 is 11.3 Å². The number of hydrogen-bond acceptors (Lipinski definition) is 4. The highest BCUT2D eigenvalue weighted by atomic mass is 32.1. The van der Waals surface area contributed by atoms with Gasteiger partial charge in [0.25, 0.3) is 11.8 Å². The Labute approximate surface area is 156 Å². The van der Waals surface area contributed by atoms with Gasteiger partial charge in [-0.3, -0.25) is 20.4 Å². The van der Waals surface area contributed by atoms with Gasteiger partial charge in [0, 0.05) is 10.9 Å². The lowest BCUT2D eigenvalue weighted by Gasteiger charge is -2.33. The minimum Gasteiger partial charge on any atom is -0.619 e. The molecule has 3 rings (SSSR count). The minimum absolute atomic E-state index is 0.182. The van der Waals surface area contributed by atoms with Crippen molar-refractivity contribution in [2.24, 2.45) is 11.3 Å². The molecule has 138 valence electrons. The fraction of sp³-hybridized carbons (Fsp3) is 0.421. The molecule has 2 N–H and O–H groups in total. The second-order valence-electron chi connectivity index (χ2n) is 7.73. The van der Waals surface area contributed by atoms with E-state index >= 15 is 0 Å². The van der Waals surface area contributed by atoms with Crippen molar-refractivity contribution >= 4 is 23.2 Å². The standard InChI is InChI=1S/C19H23N3O3S/c1-19(2,3)14-6-7-15-13(9-14)10-16(26-15)18(24)21-20-17(23)12-5-4-8-22(25)11-12/h4-5,8,10-11,14H,6-7,9H2,1-3H3,(H,20,23)(H,21,24)/t14-/m1/s1. The van der Waals surface area contributed by atoms with Gasteiger partial charge in [0.15, 0.2) is 12.4 Å². The van der Waals surface area contributed by atoms with Crippen molar-refractivity contribution in [1.29, 1.82) is 0 Å². The topological polar surface area (TPSA) is 85.1 Å². The van der Waals surface area contributed by atoms with Crippen molar-refractivity contribution in [3.63, 3.8) is 0 Å². The Hall–Kier alpha value is -2.41. The third-order valence-corrected chi connectivity index (χ3v) is 6.09. The molecule has 0 aliphatic heterocycles. The van der Waals surface area contributed by atoms with E-state index in [2.05, 4.69) is 31.6 Å². The van der Waals surface area contributed by atoms with Gasteiger partial charge in [0.2, 0.25) is 0 Å². The average molecular weight is 373 g/mol. The zero-order valence-electron chi connectivity index (χ0n) is 15.2. The lowest BCUT2D eigenvalue weighted by Crippen LogP contribution is -2.42. The molecule has 2 heterocycles. The Morgan fingerprint density at radius 2 is 2.00 bits per heavy atom. The Balaban J connectivity index is 1.63. The Morgan fingerprint density at radius 3 is 2.69 bits per heavy atom. The summed E-state index contributed by atoms with van der Waals surface area (Å²) in [4.78, 5) is 26.2. The van der Waals surface area contributed by atoms with Gasteiger partial charge >= 0.3 is 0 Å². The van der Waals surface area contributed by atoms with E-state index < -0.39 is 5.91 Å². The van der Waals surface area contributed by atoms with Gasteiger partial charge in [-0.25, -0.2) is 0 Å². The molecule has 2 amide bonds. The van der Waals surface area contributed by atoms with Crippen LogP contribution in [0.3, 0.4) is 0 Å². The second-order valence-corrected chi connectivity index (χ2v) is 8.86. The van der Waals surface area contributed by atoms with Crippen LogP contribution in [-0.4, -0.2) is 11.8 Å². The predicted octanol–water partition coefficient (Wildman–Crippen LogP) is 2.61. The van der Waals surface area contributed by atoms with Crippen LogP contribution in [-0.2, 0) is 12.8 Å². The molecule has 1 aliphatic carbocycles. The third-order valence-electron chi connectivity index (χ3n) is 4.86. The van der Waals surface area contributed by atoms with Crippen molar-refractivity contribution in [2.45, 2.75) is 40.0 Å². The van der Waals surface area contributed by atoms with E-state index in [0.29, 0.717) is 15.5 Å². The van der Waals surface area contributed by atoms with E-state index in [1.807, 2.05) is 6.07 Å². The van der Waals surface area contributed by atoms with Crippen molar-refractivity contribution in [3.05, 3.63) is 56.7 Å². The monoisotopic (exact) mass is 373 g/mol. The first-order chi connectivity index (χ1) is 12.2. The van der Waals surface area contributed by atoms with E-state index in [9.17, 15) is 14.8 Å². The van der Waals surface area contributed by atoms with Gasteiger partial charge in [-0.2, -0.15) is 4.73 Å². The summed E-state index contributed by atoms with van der Waals surface area (Å²) >= 11 is 1.49.